The molecule has 2 aromatic rings. The lowest BCUT2D eigenvalue weighted by molar-refractivity contribution is 0.102. The van der Waals surface area contributed by atoms with Gasteiger partial charge in [0.1, 0.15) is 0 Å². The van der Waals surface area contributed by atoms with E-state index in [-0.39, 0.29) is 11.3 Å². The van der Waals surface area contributed by atoms with Gasteiger partial charge in [0, 0.05) is 37.3 Å². The molecule has 0 aromatic carbocycles. The summed E-state index contributed by atoms with van der Waals surface area (Å²) >= 11 is 0. The average Bonchev–Trinajstić information content (AvgIpc) is 2.63. The van der Waals surface area contributed by atoms with Crippen molar-refractivity contribution in [2.75, 3.05) is 0 Å². The van der Waals surface area contributed by atoms with Crippen LogP contribution < -0.4 is 5.56 Å². The number of imidazole rings is 1. The zero-order valence-corrected chi connectivity index (χ0v) is 8.10. The molecule has 0 atom stereocenters. The molecule has 0 fully saturated rings. The molecule has 0 aliphatic rings. The minimum Gasteiger partial charge on any atom is -0.331 e. The molecule has 0 saturated heterocycles. The molecule has 0 unspecified atom stereocenters. The summed E-state index contributed by atoms with van der Waals surface area (Å²) in [6.45, 7) is 0. The summed E-state index contributed by atoms with van der Waals surface area (Å²) in [6, 6.07) is 2.81. The number of ketones is 1. The van der Waals surface area contributed by atoms with Crippen LogP contribution in [0.5, 0.6) is 0 Å². The monoisotopic (exact) mass is 203 g/mol. The number of carbonyl (C=O) groups is 1. The number of pyridine rings is 1. The van der Waals surface area contributed by atoms with E-state index < -0.39 is 0 Å². The third kappa shape index (κ3) is 1.71. The maximum Gasteiger partial charge on any atom is 0.248 e. The van der Waals surface area contributed by atoms with Crippen LogP contribution in [0, 0.1) is 0 Å². The highest BCUT2D eigenvalue weighted by atomic mass is 16.1. The Morgan fingerprint density at radius 2 is 2.33 bits per heavy atom. The molecule has 15 heavy (non-hydrogen) atoms. The minimum absolute atomic E-state index is 0.256. The molecule has 0 amide bonds. The molecule has 0 aliphatic carbocycles. The number of hydrogen-bond acceptors (Lipinski definition) is 3. The van der Waals surface area contributed by atoms with Gasteiger partial charge in [0.05, 0.1) is 0 Å². The van der Waals surface area contributed by atoms with Crippen LogP contribution in [0.25, 0.3) is 0 Å². The smallest absolute Gasteiger partial charge is 0.248 e. The van der Waals surface area contributed by atoms with E-state index in [1.54, 1.807) is 30.1 Å². The molecule has 0 aliphatic heterocycles. The lowest BCUT2D eigenvalue weighted by Crippen LogP contribution is -2.12. The molecule has 5 heteroatoms. The summed E-state index contributed by atoms with van der Waals surface area (Å²) in [4.78, 5) is 29.2. The number of rotatable bonds is 2. The van der Waals surface area contributed by atoms with Gasteiger partial charge in [0.2, 0.25) is 11.3 Å². The molecule has 0 spiro atoms. The van der Waals surface area contributed by atoms with E-state index in [1.165, 1.54) is 12.3 Å². The Morgan fingerprint density at radius 1 is 1.53 bits per heavy atom. The van der Waals surface area contributed by atoms with Crippen LogP contribution >= 0.6 is 0 Å². The Balaban J connectivity index is 2.46. The molecule has 2 aromatic heterocycles. The van der Waals surface area contributed by atoms with E-state index in [0.717, 1.165) is 0 Å². The van der Waals surface area contributed by atoms with Gasteiger partial charge < -0.3 is 9.55 Å². The van der Waals surface area contributed by atoms with E-state index in [2.05, 4.69) is 9.97 Å². The predicted molar refractivity (Wildman–Crippen MR) is 53.7 cm³/mol. The Morgan fingerprint density at radius 3 is 2.93 bits per heavy atom. The van der Waals surface area contributed by atoms with Crippen molar-refractivity contribution in [3.05, 3.63) is 52.5 Å². The molecule has 2 heterocycles. The first kappa shape index (κ1) is 9.39. The van der Waals surface area contributed by atoms with Crippen molar-refractivity contribution < 1.29 is 4.79 Å². The van der Waals surface area contributed by atoms with Crippen molar-refractivity contribution in [3.8, 4) is 0 Å². The zero-order chi connectivity index (χ0) is 10.8. The van der Waals surface area contributed by atoms with Crippen LogP contribution in [-0.4, -0.2) is 20.3 Å². The van der Waals surface area contributed by atoms with E-state index >= 15 is 0 Å². The molecular weight excluding hydrogens is 194 g/mol. The molecular formula is C10H9N3O2. The van der Waals surface area contributed by atoms with Gasteiger partial charge in [-0.15, -0.1) is 0 Å². The Kier molecular flexibility index (Phi) is 2.21. The summed E-state index contributed by atoms with van der Waals surface area (Å²) in [5.41, 5.74) is 0.0445. The van der Waals surface area contributed by atoms with Crippen LogP contribution in [0.1, 0.15) is 16.2 Å². The maximum atomic E-state index is 11.8. The summed E-state index contributed by atoms with van der Waals surface area (Å²) in [6.07, 6.45) is 4.67. The quantitative estimate of drug-likeness (QED) is 0.715. The standard InChI is InChI=1S/C10H9N3O2/c1-13-5-4-12-10(13)9(15)7-2-3-11-8(14)6-7/h2-6H,1H3,(H,11,14). The second-order valence-electron chi connectivity index (χ2n) is 3.13. The highest BCUT2D eigenvalue weighted by molar-refractivity contribution is 6.06. The fourth-order valence-corrected chi connectivity index (χ4v) is 1.30. The Hall–Kier alpha value is -2.17. The summed E-state index contributed by atoms with van der Waals surface area (Å²) in [7, 11) is 1.73. The molecule has 0 radical (unpaired) electrons. The van der Waals surface area contributed by atoms with Crippen molar-refractivity contribution in [2.24, 2.45) is 7.05 Å². The highest BCUT2D eigenvalue weighted by Gasteiger charge is 2.13. The number of H-pyrrole nitrogens is 1. The topological polar surface area (TPSA) is 67.8 Å². The third-order valence-electron chi connectivity index (χ3n) is 2.06. The summed E-state index contributed by atoms with van der Waals surface area (Å²) in [5.74, 6) is 0.0641. The van der Waals surface area contributed by atoms with Crippen LogP contribution in [-0.2, 0) is 7.05 Å². The van der Waals surface area contributed by atoms with Gasteiger partial charge in [0.15, 0.2) is 5.82 Å². The predicted octanol–water partition coefficient (Wildman–Crippen LogP) is 0.339. The van der Waals surface area contributed by atoms with E-state index in [1.807, 2.05) is 0 Å². The van der Waals surface area contributed by atoms with Crippen LogP contribution in [0.15, 0.2) is 35.5 Å². The van der Waals surface area contributed by atoms with Gasteiger partial charge >= 0.3 is 0 Å². The first-order chi connectivity index (χ1) is 7.18. The molecule has 5 nitrogen and oxygen atoms in total. The number of hydrogen-bond donors (Lipinski definition) is 1. The number of aromatic nitrogens is 3. The molecule has 0 saturated carbocycles. The fraction of sp³-hybridized carbons (Fsp3) is 0.100. The SMILES string of the molecule is Cn1ccnc1C(=O)c1cc[nH]c(=O)c1. The number of nitrogens with zero attached hydrogens (tertiary/aromatic N) is 2. The van der Waals surface area contributed by atoms with E-state index in [0.29, 0.717) is 11.4 Å². The second kappa shape index (κ2) is 3.53. The van der Waals surface area contributed by atoms with E-state index in [4.69, 9.17) is 0 Å². The molecule has 76 valence electrons. The van der Waals surface area contributed by atoms with Gasteiger partial charge in [-0.2, -0.15) is 0 Å². The molecule has 1 N–H and O–H groups in total. The van der Waals surface area contributed by atoms with Crippen LogP contribution in [0.2, 0.25) is 0 Å². The van der Waals surface area contributed by atoms with Crippen molar-refractivity contribution in [2.45, 2.75) is 0 Å². The minimum atomic E-state index is -0.296. The second-order valence-corrected chi connectivity index (χ2v) is 3.13. The molecule has 0 bridgehead atoms. The number of nitrogens with one attached hydrogen (secondary N) is 1. The van der Waals surface area contributed by atoms with Crippen molar-refractivity contribution in [3.63, 3.8) is 0 Å². The summed E-state index contributed by atoms with van der Waals surface area (Å²) < 4.78 is 1.61. The first-order valence-electron chi connectivity index (χ1n) is 4.39. The van der Waals surface area contributed by atoms with Crippen molar-refractivity contribution in [1.82, 2.24) is 14.5 Å². The largest absolute Gasteiger partial charge is 0.331 e. The fourth-order valence-electron chi connectivity index (χ4n) is 1.30. The van der Waals surface area contributed by atoms with Gasteiger partial charge in [0.25, 0.3) is 0 Å². The maximum absolute atomic E-state index is 11.8. The number of aromatic amines is 1. The van der Waals surface area contributed by atoms with Crippen molar-refractivity contribution >= 4 is 5.78 Å². The Labute approximate surface area is 85.4 Å². The lowest BCUT2D eigenvalue weighted by atomic mass is 10.2. The first-order valence-corrected chi connectivity index (χ1v) is 4.39. The van der Waals surface area contributed by atoms with E-state index in [9.17, 15) is 9.59 Å². The number of aryl methyl sites for hydroxylation is 1. The van der Waals surface area contributed by atoms with Gasteiger partial charge in [-0.1, -0.05) is 0 Å². The zero-order valence-electron chi connectivity index (χ0n) is 8.10. The molecule has 2 rings (SSSR count). The van der Waals surface area contributed by atoms with Crippen LogP contribution in [0.3, 0.4) is 0 Å². The summed E-state index contributed by atoms with van der Waals surface area (Å²) in [5, 5.41) is 0. The highest BCUT2D eigenvalue weighted by Crippen LogP contribution is 2.04. The lowest BCUT2D eigenvalue weighted by Gasteiger charge is -1.99. The third-order valence-corrected chi connectivity index (χ3v) is 2.06. The van der Waals surface area contributed by atoms with Gasteiger partial charge in [-0.25, -0.2) is 4.98 Å². The normalized spacial score (nSPS) is 10.2. The van der Waals surface area contributed by atoms with Gasteiger partial charge in [-0.3, -0.25) is 9.59 Å². The van der Waals surface area contributed by atoms with Gasteiger partial charge in [-0.05, 0) is 6.07 Å². The Bertz CT molecular complexity index is 554. The average molecular weight is 203 g/mol. The van der Waals surface area contributed by atoms with Crippen LogP contribution in [0.4, 0.5) is 0 Å². The van der Waals surface area contributed by atoms with Crippen molar-refractivity contribution in [1.29, 1.82) is 0 Å². The number of carbonyl (C=O) groups excluding carboxylic acids is 1.